The SMILES string of the molecule is CC[O-].CC[O-].CC[O-].C[NH3+].C[NH3+].C[NH3+].C[NH3+].C[NH3+].O=S(=O)([O-])[O-]. The smallest absolute Gasteiger partial charge is 0.0634 e. The summed E-state index contributed by atoms with van der Waals surface area (Å²) in [6.07, 6.45) is 0. The van der Waals surface area contributed by atoms with Crippen LogP contribution in [0.3, 0.4) is 0 Å². The third-order valence-electron chi connectivity index (χ3n) is 0. The number of rotatable bonds is 0. The average molecular weight is 392 g/mol. The first kappa shape index (κ1) is 56.6. The van der Waals surface area contributed by atoms with E-state index >= 15 is 0 Å². The normalized spacial score (nSPS) is 5.92. The summed E-state index contributed by atoms with van der Waals surface area (Å²) >= 11 is 0. The monoisotopic (exact) mass is 391 g/mol. The van der Waals surface area contributed by atoms with E-state index in [1.807, 2.05) is 0 Å². The Morgan fingerprint density at radius 1 is 0.542 bits per heavy atom. The molecule has 0 saturated heterocycles. The summed E-state index contributed by atoms with van der Waals surface area (Å²) in [5.41, 5.74) is 16.2. The third kappa shape index (κ3) is 44900. The van der Waals surface area contributed by atoms with Crippen LogP contribution in [-0.2, 0) is 10.4 Å². The molecule has 0 aliphatic rings. The van der Waals surface area contributed by atoms with E-state index < -0.39 is 10.4 Å². The van der Waals surface area contributed by atoms with E-state index in [0.717, 1.165) is 0 Å². The molecule has 0 rings (SSSR count). The highest BCUT2D eigenvalue weighted by molar-refractivity contribution is 7.79. The van der Waals surface area contributed by atoms with E-state index in [0.29, 0.717) is 0 Å². The van der Waals surface area contributed by atoms with Crippen LogP contribution >= 0.6 is 0 Å². The molecular weight excluding hydrogens is 346 g/mol. The quantitative estimate of drug-likeness (QED) is 0.196. The van der Waals surface area contributed by atoms with Gasteiger partial charge in [0.15, 0.2) is 0 Å². The first-order valence-electron chi connectivity index (χ1n) is 7.19. The van der Waals surface area contributed by atoms with Gasteiger partial charge >= 0.3 is 0 Å². The van der Waals surface area contributed by atoms with Gasteiger partial charge in [-0.15, -0.1) is 19.8 Å². The van der Waals surface area contributed by atoms with Crippen LogP contribution in [0.2, 0.25) is 0 Å². The van der Waals surface area contributed by atoms with Crippen molar-refractivity contribution in [1.29, 1.82) is 0 Å². The van der Waals surface area contributed by atoms with Gasteiger partial charge in [-0.2, -0.15) is 0 Å². The fourth-order valence-corrected chi connectivity index (χ4v) is 0. The van der Waals surface area contributed by atoms with Gasteiger partial charge in [-0.1, -0.05) is 20.8 Å². The molecule has 0 spiro atoms. The summed E-state index contributed by atoms with van der Waals surface area (Å²) in [7, 11) is 3.58. The van der Waals surface area contributed by atoms with Gasteiger partial charge in [0, 0.05) is 10.4 Å². The first-order chi connectivity index (χ1) is 11.2. The maximum absolute atomic E-state index is 8.93. The molecule has 0 aromatic heterocycles. The van der Waals surface area contributed by atoms with Crippen LogP contribution in [0.15, 0.2) is 0 Å². The van der Waals surface area contributed by atoms with Crippen LogP contribution in [0, 0.1) is 0 Å². The van der Waals surface area contributed by atoms with E-state index in [-0.39, 0.29) is 19.8 Å². The second-order valence-corrected chi connectivity index (χ2v) is 2.09. The first-order valence-corrected chi connectivity index (χ1v) is 8.52. The molecule has 162 valence electrons. The van der Waals surface area contributed by atoms with Gasteiger partial charge in [0.05, 0.1) is 35.2 Å². The van der Waals surface area contributed by atoms with Crippen LogP contribution < -0.4 is 44.0 Å². The van der Waals surface area contributed by atoms with Crippen molar-refractivity contribution in [2.45, 2.75) is 20.8 Å². The lowest BCUT2D eigenvalue weighted by atomic mass is 10.9. The highest BCUT2D eigenvalue weighted by Gasteiger charge is 1.49. The van der Waals surface area contributed by atoms with Crippen molar-refractivity contribution in [3.63, 3.8) is 0 Å². The van der Waals surface area contributed by atoms with E-state index in [1.165, 1.54) is 0 Å². The fourth-order valence-electron chi connectivity index (χ4n) is 0. The zero-order valence-corrected chi connectivity index (χ0v) is 17.7. The average Bonchev–Trinajstić information content (AvgIpc) is 2.57. The molecule has 0 saturated carbocycles. The topological polar surface area (TPSA) is 288 Å². The standard InChI is InChI=1S/3C2H5O.5CH5N.H2O4S/c3*1-2-3;5*1-2;1-5(2,3)4/h3*2H2,1H3;5*2H2,1H3;(H2,1,2,3,4)/q3*-1;;;;;;/p+3. The minimum Gasteiger partial charge on any atom is -0.855 e. The minimum absolute atomic E-state index is 0. The van der Waals surface area contributed by atoms with Gasteiger partial charge in [0.1, 0.15) is 0 Å². The van der Waals surface area contributed by atoms with Gasteiger partial charge < -0.3 is 53.1 Å². The fraction of sp³-hybridized carbons (Fsp3) is 1.00. The van der Waals surface area contributed by atoms with Crippen molar-refractivity contribution in [3.05, 3.63) is 0 Å². The molecule has 12 nitrogen and oxygen atoms in total. The van der Waals surface area contributed by atoms with Crippen LogP contribution in [0.5, 0.6) is 0 Å². The summed E-state index contributed by atoms with van der Waals surface area (Å²) < 4.78 is 34.1. The minimum atomic E-state index is -5.17. The lowest BCUT2D eigenvalue weighted by molar-refractivity contribution is -0.362. The molecule has 0 aliphatic carbocycles. The van der Waals surface area contributed by atoms with Crippen molar-refractivity contribution in [2.24, 2.45) is 0 Å². The molecular formula is C11H45N5O7S. The summed E-state index contributed by atoms with van der Waals surface area (Å²) in [6.45, 7) is 4.71. The molecule has 0 bridgehead atoms. The molecule has 24 heavy (non-hydrogen) atoms. The maximum Gasteiger partial charge on any atom is 0.0634 e. The number of quaternary nitrogens is 5. The Bertz CT molecular complexity index is 152. The van der Waals surface area contributed by atoms with Crippen molar-refractivity contribution in [2.75, 3.05) is 55.1 Å². The highest BCUT2D eigenvalue weighted by Crippen LogP contribution is 1.57. The maximum atomic E-state index is 8.93. The Hall–Kier alpha value is -0.450. The Kier molecular flexibility index (Phi) is 338. The highest BCUT2D eigenvalue weighted by atomic mass is 32.3. The van der Waals surface area contributed by atoms with Gasteiger partial charge in [0.25, 0.3) is 0 Å². The van der Waals surface area contributed by atoms with Crippen LogP contribution in [-0.4, -0.2) is 72.6 Å². The zero-order chi connectivity index (χ0) is 22.6. The lowest BCUT2D eigenvalue weighted by Crippen LogP contribution is -2.40. The zero-order valence-electron chi connectivity index (χ0n) is 16.9. The van der Waals surface area contributed by atoms with E-state index in [9.17, 15) is 0 Å². The molecule has 13 heteroatoms. The molecule has 0 atom stereocenters. The molecule has 0 heterocycles. The lowest BCUT2D eigenvalue weighted by Gasteiger charge is -2.06. The van der Waals surface area contributed by atoms with E-state index in [1.54, 1.807) is 56.0 Å². The van der Waals surface area contributed by atoms with Crippen LogP contribution in [0.25, 0.3) is 0 Å². The van der Waals surface area contributed by atoms with Gasteiger partial charge in [0.2, 0.25) is 0 Å². The summed E-state index contributed by atoms with van der Waals surface area (Å²) in [5, 5.41) is 26.8. The third-order valence-corrected chi connectivity index (χ3v) is 0. The Morgan fingerprint density at radius 3 is 0.542 bits per heavy atom. The van der Waals surface area contributed by atoms with Crippen molar-refractivity contribution in [3.8, 4) is 0 Å². The Balaban J connectivity index is -0.0000000155. The summed E-state index contributed by atoms with van der Waals surface area (Å²) in [5.74, 6) is 0. The largest absolute Gasteiger partial charge is 0.855 e. The number of hydrogen-bond donors (Lipinski definition) is 5. The summed E-state index contributed by atoms with van der Waals surface area (Å²) in [6, 6.07) is 0. The second-order valence-electron chi connectivity index (χ2n) is 1.27. The van der Waals surface area contributed by atoms with Crippen LogP contribution in [0.1, 0.15) is 20.8 Å². The molecule has 0 amide bonds. The van der Waals surface area contributed by atoms with E-state index in [2.05, 4.69) is 28.7 Å². The van der Waals surface area contributed by atoms with Crippen molar-refractivity contribution >= 4 is 10.4 Å². The Morgan fingerprint density at radius 2 is 0.542 bits per heavy atom. The molecule has 15 N–H and O–H groups in total. The van der Waals surface area contributed by atoms with Gasteiger partial charge in [-0.3, -0.25) is 8.42 Å². The molecule has 0 radical (unpaired) electrons. The molecule has 0 aromatic carbocycles. The predicted molar refractivity (Wildman–Crippen MR) is 86.2 cm³/mol. The second kappa shape index (κ2) is 143. The van der Waals surface area contributed by atoms with Gasteiger partial charge in [-0.25, -0.2) is 0 Å². The van der Waals surface area contributed by atoms with Crippen molar-refractivity contribution in [1.82, 2.24) is 0 Å². The predicted octanol–water partition coefficient (Wildman–Crippen LogP) is -8.95. The van der Waals surface area contributed by atoms with E-state index in [4.69, 9.17) is 32.8 Å². The molecule has 0 aliphatic heterocycles. The number of hydrogen-bond acceptors (Lipinski definition) is 7. The molecule has 0 aromatic rings. The molecule has 0 unspecified atom stereocenters. The van der Waals surface area contributed by atoms with Gasteiger partial charge in [-0.05, 0) is 0 Å². The van der Waals surface area contributed by atoms with Crippen molar-refractivity contribution < 1.29 is 61.5 Å². The Labute approximate surface area is 148 Å². The summed E-state index contributed by atoms with van der Waals surface area (Å²) in [4.78, 5) is 0. The van der Waals surface area contributed by atoms with Crippen LogP contribution in [0.4, 0.5) is 0 Å². The molecule has 0 fully saturated rings.